The highest BCUT2D eigenvalue weighted by Gasteiger charge is 2.57. The minimum atomic E-state index is -2.46. The number of alkyl halides is 2. The Morgan fingerprint density at radius 1 is 1.31 bits per heavy atom. The van der Waals surface area contributed by atoms with Crippen molar-refractivity contribution in [1.82, 2.24) is 0 Å². The first kappa shape index (κ1) is 8.48. The summed E-state index contributed by atoms with van der Waals surface area (Å²) in [6.45, 7) is 0. The van der Waals surface area contributed by atoms with Crippen LogP contribution in [0.3, 0.4) is 0 Å². The molecule has 1 aliphatic rings. The van der Waals surface area contributed by atoms with E-state index < -0.39 is 11.8 Å². The average Bonchev–Trinajstić information content (AvgIpc) is 2.76. The van der Waals surface area contributed by atoms with Gasteiger partial charge in [-0.3, -0.25) is 0 Å². The maximum Gasteiger partial charge on any atom is 0.255 e. The van der Waals surface area contributed by atoms with Crippen LogP contribution in [0.4, 0.5) is 14.5 Å². The lowest BCUT2D eigenvalue weighted by molar-refractivity contribution is 0.112. The molecule has 0 heterocycles. The molecule has 1 aliphatic carbocycles. The summed E-state index contributed by atoms with van der Waals surface area (Å²) in [6.07, 6.45) is 0.00585. The van der Waals surface area contributed by atoms with Crippen LogP contribution < -0.4 is 5.32 Å². The molecule has 70 valence electrons. The van der Waals surface area contributed by atoms with Crippen LogP contribution in [0.2, 0.25) is 0 Å². The third-order valence-corrected chi connectivity index (χ3v) is 2.43. The predicted molar refractivity (Wildman–Crippen MR) is 48.3 cm³/mol. The minimum absolute atomic E-state index is 0.00585. The lowest BCUT2D eigenvalue weighted by Gasteiger charge is -2.02. The van der Waals surface area contributed by atoms with Gasteiger partial charge in [0.15, 0.2) is 0 Å². The van der Waals surface area contributed by atoms with Crippen LogP contribution in [-0.2, 0) is 0 Å². The Kier molecular flexibility index (Phi) is 1.75. The largest absolute Gasteiger partial charge is 0.388 e. The van der Waals surface area contributed by atoms with Crippen LogP contribution in [0, 0.1) is 0 Å². The Hall–Kier alpha value is -1.12. The van der Waals surface area contributed by atoms with Gasteiger partial charge in [-0.05, 0) is 17.7 Å². The monoisotopic (exact) mass is 183 g/mol. The first-order valence-electron chi connectivity index (χ1n) is 4.29. The van der Waals surface area contributed by atoms with Crippen molar-refractivity contribution in [1.29, 1.82) is 0 Å². The Balaban J connectivity index is 2.16. The van der Waals surface area contributed by atoms with Crippen LogP contribution >= 0.6 is 0 Å². The third-order valence-electron chi connectivity index (χ3n) is 2.43. The van der Waals surface area contributed by atoms with Gasteiger partial charge in [-0.1, -0.05) is 12.1 Å². The molecular formula is C10H11F2N. The molecule has 1 unspecified atom stereocenters. The van der Waals surface area contributed by atoms with E-state index in [1.54, 1.807) is 19.2 Å². The van der Waals surface area contributed by atoms with Crippen molar-refractivity contribution in [3.8, 4) is 0 Å². The summed E-state index contributed by atoms with van der Waals surface area (Å²) in [7, 11) is 1.81. The van der Waals surface area contributed by atoms with Crippen LogP contribution in [-0.4, -0.2) is 13.0 Å². The number of hydrogen-bond acceptors (Lipinski definition) is 1. The molecule has 1 fully saturated rings. The smallest absolute Gasteiger partial charge is 0.255 e. The van der Waals surface area contributed by atoms with Gasteiger partial charge in [-0.15, -0.1) is 0 Å². The standard InChI is InChI=1S/C10H11F2N/c1-13-8-4-2-7(3-5-8)9-6-10(9,11)12/h2-5,9,13H,6H2,1H3. The number of nitrogens with one attached hydrogen (secondary N) is 1. The van der Waals surface area contributed by atoms with E-state index in [9.17, 15) is 8.78 Å². The molecule has 1 aromatic carbocycles. The highest BCUT2D eigenvalue weighted by molar-refractivity contribution is 5.45. The van der Waals surface area contributed by atoms with Crippen LogP contribution in [0.1, 0.15) is 17.9 Å². The van der Waals surface area contributed by atoms with Gasteiger partial charge in [0.1, 0.15) is 0 Å². The first-order chi connectivity index (χ1) is 6.13. The topological polar surface area (TPSA) is 12.0 Å². The zero-order valence-corrected chi connectivity index (χ0v) is 7.35. The van der Waals surface area contributed by atoms with E-state index in [2.05, 4.69) is 5.32 Å². The van der Waals surface area contributed by atoms with Gasteiger partial charge in [0.2, 0.25) is 0 Å². The second kappa shape index (κ2) is 2.69. The lowest BCUT2D eigenvalue weighted by atomic mass is 10.1. The maximum atomic E-state index is 12.6. The summed E-state index contributed by atoms with van der Waals surface area (Å²) in [5, 5.41) is 2.95. The highest BCUT2D eigenvalue weighted by Crippen LogP contribution is 2.55. The summed E-state index contributed by atoms with van der Waals surface area (Å²) in [5.41, 5.74) is 1.69. The predicted octanol–water partition coefficient (Wildman–Crippen LogP) is 2.85. The van der Waals surface area contributed by atoms with E-state index in [0.29, 0.717) is 0 Å². The van der Waals surface area contributed by atoms with E-state index in [-0.39, 0.29) is 6.42 Å². The minimum Gasteiger partial charge on any atom is -0.388 e. The normalized spacial score (nSPS) is 24.1. The van der Waals surface area contributed by atoms with Crippen molar-refractivity contribution >= 4 is 5.69 Å². The molecule has 1 nitrogen and oxygen atoms in total. The molecule has 13 heavy (non-hydrogen) atoms. The van der Waals surface area contributed by atoms with Gasteiger partial charge in [-0.2, -0.15) is 0 Å². The first-order valence-corrected chi connectivity index (χ1v) is 4.29. The molecule has 0 aromatic heterocycles. The molecular weight excluding hydrogens is 172 g/mol. The molecule has 2 rings (SSSR count). The van der Waals surface area contributed by atoms with E-state index >= 15 is 0 Å². The lowest BCUT2D eigenvalue weighted by Crippen LogP contribution is -1.93. The fourth-order valence-corrected chi connectivity index (χ4v) is 1.46. The summed E-state index contributed by atoms with van der Waals surface area (Å²) in [5.74, 6) is -3.00. The van der Waals surface area contributed by atoms with Gasteiger partial charge in [0, 0.05) is 19.2 Å². The van der Waals surface area contributed by atoms with Crippen LogP contribution in [0.15, 0.2) is 24.3 Å². The second-order valence-electron chi connectivity index (χ2n) is 3.39. The number of halogens is 2. The number of hydrogen-bond donors (Lipinski definition) is 1. The van der Waals surface area contributed by atoms with Gasteiger partial charge in [-0.25, -0.2) is 8.78 Å². The summed E-state index contributed by atoms with van der Waals surface area (Å²) in [4.78, 5) is 0. The molecule has 0 saturated heterocycles. The van der Waals surface area contributed by atoms with E-state index in [0.717, 1.165) is 11.3 Å². The van der Waals surface area contributed by atoms with Gasteiger partial charge >= 0.3 is 0 Å². The van der Waals surface area contributed by atoms with Gasteiger partial charge < -0.3 is 5.32 Å². The van der Waals surface area contributed by atoms with Crippen LogP contribution in [0.25, 0.3) is 0 Å². The SMILES string of the molecule is CNc1ccc(C2CC2(F)F)cc1. The van der Waals surface area contributed by atoms with Crippen molar-refractivity contribution in [2.45, 2.75) is 18.3 Å². The molecule has 0 radical (unpaired) electrons. The average molecular weight is 183 g/mol. The molecule has 1 saturated carbocycles. The van der Waals surface area contributed by atoms with Crippen molar-refractivity contribution < 1.29 is 8.78 Å². The maximum absolute atomic E-state index is 12.6. The number of benzene rings is 1. The molecule has 0 bridgehead atoms. The molecule has 0 amide bonds. The molecule has 1 aromatic rings. The van der Waals surface area contributed by atoms with Gasteiger partial charge in [0.25, 0.3) is 5.92 Å². The molecule has 0 spiro atoms. The molecule has 1 atom stereocenters. The van der Waals surface area contributed by atoms with Crippen molar-refractivity contribution in [2.75, 3.05) is 12.4 Å². The summed E-state index contributed by atoms with van der Waals surface area (Å²) < 4.78 is 25.3. The fourth-order valence-electron chi connectivity index (χ4n) is 1.46. The Labute approximate surface area is 75.8 Å². The summed E-state index contributed by atoms with van der Waals surface area (Å²) >= 11 is 0. The molecule has 0 aliphatic heterocycles. The van der Waals surface area contributed by atoms with Crippen molar-refractivity contribution in [3.05, 3.63) is 29.8 Å². The van der Waals surface area contributed by atoms with Crippen molar-refractivity contribution in [2.24, 2.45) is 0 Å². The Bertz CT molecular complexity index is 305. The van der Waals surface area contributed by atoms with E-state index in [1.807, 2.05) is 12.1 Å². The van der Waals surface area contributed by atoms with E-state index in [1.165, 1.54) is 0 Å². The Morgan fingerprint density at radius 2 is 1.85 bits per heavy atom. The third kappa shape index (κ3) is 1.50. The zero-order chi connectivity index (χ0) is 9.47. The molecule has 3 heteroatoms. The quantitative estimate of drug-likeness (QED) is 0.743. The Morgan fingerprint density at radius 3 is 2.23 bits per heavy atom. The second-order valence-corrected chi connectivity index (χ2v) is 3.39. The van der Waals surface area contributed by atoms with Crippen molar-refractivity contribution in [3.63, 3.8) is 0 Å². The molecule has 1 N–H and O–H groups in total. The van der Waals surface area contributed by atoms with Crippen LogP contribution in [0.5, 0.6) is 0 Å². The highest BCUT2D eigenvalue weighted by atomic mass is 19.3. The number of anilines is 1. The van der Waals surface area contributed by atoms with E-state index in [4.69, 9.17) is 0 Å². The summed E-state index contributed by atoms with van der Waals surface area (Å²) in [6, 6.07) is 7.17. The fraction of sp³-hybridized carbons (Fsp3) is 0.400. The van der Waals surface area contributed by atoms with Gasteiger partial charge in [0.05, 0.1) is 5.92 Å². The zero-order valence-electron chi connectivity index (χ0n) is 7.35. The number of rotatable bonds is 2.